The minimum Gasteiger partial charge on any atom is -0.464 e. The zero-order valence-corrected chi connectivity index (χ0v) is 13.5. The lowest BCUT2D eigenvalue weighted by atomic mass is 10.1. The van der Waals surface area contributed by atoms with Gasteiger partial charge in [-0.25, -0.2) is 0 Å². The minimum absolute atomic E-state index is 0.0906. The summed E-state index contributed by atoms with van der Waals surface area (Å²) < 4.78 is 5.26. The quantitative estimate of drug-likeness (QED) is 0.910. The number of halogens is 1. The Hall–Kier alpha value is -1.40. The summed E-state index contributed by atoms with van der Waals surface area (Å²) in [5, 5.41) is 3.35. The summed E-state index contributed by atoms with van der Waals surface area (Å²) in [5.74, 6) is 0.421. The van der Waals surface area contributed by atoms with Crippen LogP contribution in [0, 0.1) is 13.8 Å². The molecule has 0 radical (unpaired) electrons. The molecular formula is C13H17ClN4OS. The molecule has 1 unspecified atom stereocenters. The molecule has 0 spiro atoms. The fourth-order valence-electron chi connectivity index (χ4n) is 1.94. The molecule has 0 aliphatic heterocycles. The van der Waals surface area contributed by atoms with Crippen molar-refractivity contribution >= 4 is 28.9 Å². The number of aromatic nitrogens is 3. The Kier molecular flexibility index (Phi) is 4.77. The molecule has 108 valence electrons. The lowest BCUT2D eigenvalue weighted by Crippen LogP contribution is -2.11. The Morgan fingerprint density at radius 2 is 2.10 bits per heavy atom. The van der Waals surface area contributed by atoms with Crippen molar-refractivity contribution in [2.24, 2.45) is 0 Å². The smallest absolute Gasteiger partial charge is 0.322 e. The Morgan fingerprint density at radius 1 is 1.35 bits per heavy atom. The van der Waals surface area contributed by atoms with Crippen molar-refractivity contribution in [2.75, 3.05) is 11.9 Å². The summed E-state index contributed by atoms with van der Waals surface area (Å²) in [7, 11) is 0. The normalized spacial score (nSPS) is 12.2. The molecule has 0 amide bonds. The first kappa shape index (κ1) is 15.0. The summed E-state index contributed by atoms with van der Waals surface area (Å²) in [4.78, 5) is 14.7. The average Bonchev–Trinajstić information content (AvgIpc) is 2.68. The van der Waals surface area contributed by atoms with Crippen LogP contribution in [-0.4, -0.2) is 21.6 Å². The van der Waals surface area contributed by atoms with Gasteiger partial charge in [-0.15, -0.1) is 11.3 Å². The maximum Gasteiger partial charge on any atom is 0.322 e. The molecule has 0 aliphatic rings. The SMILES string of the molecule is CCOc1nc(Cl)nc(NC(C)c2cc(C)sc2C)n1. The minimum atomic E-state index is 0.0906. The van der Waals surface area contributed by atoms with E-state index in [4.69, 9.17) is 16.3 Å². The van der Waals surface area contributed by atoms with E-state index in [9.17, 15) is 0 Å². The van der Waals surface area contributed by atoms with E-state index in [1.165, 1.54) is 15.3 Å². The zero-order valence-electron chi connectivity index (χ0n) is 11.9. The van der Waals surface area contributed by atoms with E-state index in [2.05, 4.69) is 47.1 Å². The molecule has 2 aromatic heterocycles. The summed E-state index contributed by atoms with van der Waals surface area (Å²) >= 11 is 7.65. The van der Waals surface area contributed by atoms with Gasteiger partial charge < -0.3 is 10.1 Å². The van der Waals surface area contributed by atoms with Gasteiger partial charge in [-0.2, -0.15) is 15.0 Å². The summed E-state index contributed by atoms with van der Waals surface area (Å²) in [5.41, 5.74) is 1.24. The number of hydrogen-bond acceptors (Lipinski definition) is 6. The number of anilines is 1. The first-order valence-corrected chi connectivity index (χ1v) is 7.57. The lowest BCUT2D eigenvalue weighted by Gasteiger charge is -2.14. The van der Waals surface area contributed by atoms with E-state index in [0.717, 1.165) is 0 Å². The van der Waals surface area contributed by atoms with Gasteiger partial charge in [-0.3, -0.25) is 0 Å². The van der Waals surface area contributed by atoms with Crippen LogP contribution in [0.2, 0.25) is 5.28 Å². The second kappa shape index (κ2) is 6.37. The van der Waals surface area contributed by atoms with Crippen molar-refractivity contribution in [1.29, 1.82) is 0 Å². The number of nitrogens with one attached hydrogen (secondary N) is 1. The van der Waals surface area contributed by atoms with Crippen molar-refractivity contribution in [3.05, 3.63) is 26.7 Å². The molecule has 2 heterocycles. The van der Waals surface area contributed by atoms with Gasteiger partial charge in [0.05, 0.1) is 12.6 Å². The van der Waals surface area contributed by atoms with Gasteiger partial charge in [0.2, 0.25) is 11.2 Å². The molecule has 1 N–H and O–H groups in total. The third-order valence-electron chi connectivity index (χ3n) is 2.75. The second-order valence-electron chi connectivity index (χ2n) is 4.38. The molecule has 0 aliphatic carbocycles. The van der Waals surface area contributed by atoms with Gasteiger partial charge in [-0.05, 0) is 50.9 Å². The predicted octanol–water partition coefficient (Wildman–Crippen LogP) is 3.78. The molecule has 20 heavy (non-hydrogen) atoms. The van der Waals surface area contributed by atoms with Crippen LogP contribution in [0.3, 0.4) is 0 Å². The van der Waals surface area contributed by atoms with Crippen LogP contribution in [0.5, 0.6) is 6.01 Å². The molecule has 7 heteroatoms. The van der Waals surface area contributed by atoms with E-state index in [1.807, 2.05) is 6.92 Å². The Labute approximate surface area is 127 Å². The van der Waals surface area contributed by atoms with E-state index in [1.54, 1.807) is 11.3 Å². The third-order valence-corrected chi connectivity index (χ3v) is 3.90. The van der Waals surface area contributed by atoms with Crippen molar-refractivity contribution in [3.63, 3.8) is 0 Å². The average molecular weight is 313 g/mol. The molecule has 5 nitrogen and oxygen atoms in total. The highest BCUT2D eigenvalue weighted by Crippen LogP contribution is 2.28. The van der Waals surface area contributed by atoms with Gasteiger partial charge in [0.15, 0.2) is 0 Å². The van der Waals surface area contributed by atoms with Crippen LogP contribution in [0.25, 0.3) is 0 Å². The molecule has 0 aromatic carbocycles. The van der Waals surface area contributed by atoms with Crippen molar-refractivity contribution in [2.45, 2.75) is 33.7 Å². The lowest BCUT2D eigenvalue weighted by molar-refractivity contribution is 0.312. The van der Waals surface area contributed by atoms with Crippen molar-refractivity contribution in [3.8, 4) is 6.01 Å². The van der Waals surface area contributed by atoms with Crippen LogP contribution >= 0.6 is 22.9 Å². The fraction of sp³-hybridized carbons (Fsp3) is 0.462. The Morgan fingerprint density at radius 3 is 2.70 bits per heavy atom. The molecule has 2 aromatic rings. The van der Waals surface area contributed by atoms with E-state index in [0.29, 0.717) is 12.6 Å². The first-order valence-electron chi connectivity index (χ1n) is 6.37. The van der Waals surface area contributed by atoms with Crippen LogP contribution in [0.1, 0.15) is 35.2 Å². The maximum absolute atomic E-state index is 5.87. The molecule has 1 atom stereocenters. The number of ether oxygens (including phenoxy) is 1. The summed E-state index contributed by atoms with van der Waals surface area (Å²) in [6.07, 6.45) is 0. The van der Waals surface area contributed by atoms with Crippen LogP contribution in [-0.2, 0) is 0 Å². The highest BCUT2D eigenvalue weighted by atomic mass is 35.5. The standard InChI is InChI=1S/C13H17ClN4OS/c1-5-19-13-17-11(14)16-12(18-13)15-8(3)10-6-7(2)20-9(10)4/h6,8H,5H2,1-4H3,(H,15,16,17,18). The predicted molar refractivity (Wildman–Crippen MR) is 81.8 cm³/mol. The maximum atomic E-state index is 5.87. The Balaban J connectivity index is 2.18. The van der Waals surface area contributed by atoms with E-state index < -0.39 is 0 Å². The highest BCUT2D eigenvalue weighted by molar-refractivity contribution is 7.12. The third kappa shape index (κ3) is 3.58. The zero-order chi connectivity index (χ0) is 14.7. The number of rotatable bonds is 5. The topological polar surface area (TPSA) is 59.9 Å². The molecular weight excluding hydrogens is 296 g/mol. The van der Waals surface area contributed by atoms with Gasteiger partial charge >= 0.3 is 6.01 Å². The molecule has 0 fully saturated rings. The molecule has 0 saturated heterocycles. The van der Waals surface area contributed by atoms with E-state index in [-0.39, 0.29) is 17.3 Å². The first-order chi connectivity index (χ1) is 9.49. The largest absolute Gasteiger partial charge is 0.464 e. The van der Waals surface area contributed by atoms with Crippen LogP contribution in [0.15, 0.2) is 6.07 Å². The van der Waals surface area contributed by atoms with Gasteiger partial charge in [0, 0.05) is 9.75 Å². The number of nitrogens with zero attached hydrogens (tertiary/aromatic N) is 3. The molecule has 0 saturated carbocycles. The van der Waals surface area contributed by atoms with Gasteiger partial charge in [0.1, 0.15) is 0 Å². The summed E-state index contributed by atoms with van der Waals surface area (Å²) in [6.45, 7) is 8.62. The molecule has 2 rings (SSSR count). The Bertz CT molecular complexity index is 602. The van der Waals surface area contributed by atoms with Crippen LogP contribution in [0.4, 0.5) is 5.95 Å². The summed E-state index contributed by atoms with van der Waals surface area (Å²) in [6, 6.07) is 2.50. The monoisotopic (exact) mass is 312 g/mol. The van der Waals surface area contributed by atoms with Crippen molar-refractivity contribution < 1.29 is 4.74 Å². The molecule has 0 bridgehead atoms. The van der Waals surface area contributed by atoms with E-state index >= 15 is 0 Å². The van der Waals surface area contributed by atoms with Gasteiger partial charge in [0.25, 0.3) is 0 Å². The number of thiophene rings is 1. The number of aryl methyl sites for hydroxylation is 2. The van der Waals surface area contributed by atoms with Gasteiger partial charge in [-0.1, -0.05) is 0 Å². The second-order valence-corrected chi connectivity index (χ2v) is 6.18. The fourth-order valence-corrected chi connectivity index (χ4v) is 3.12. The number of hydrogen-bond donors (Lipinski definition) is 1. The van der Waals surface area contributed by atoms with Crippen molar-refractivity contribution in [1.82, 2.24) is 15.0 Å². The van der Waals surface area contributed by atoms with Crippen LogP contribution < -0.4 is 10.1 Å². The highest BCUT2D eigenvalue weighted by Gasteiger charge is 2.14.